The minimum Gasteiger partial charge on any atom is -0.298 e. The number of aryl methyl sites for hydroxylation is 2. The van der Waals surface area contributed by atoms with E-state index in [9.17, 15) is 14.5 Å². The van der Waals surface area contributed by atoms with Gasteiger partial charge in [-0.25, -0.2) is 9.37 Å². The van der Waals surface area contributed by atoms with Crippen LogP contribution >= 0.6 is 0 Å². The van der Waals surface area contributed by atoms with Crippen LogP contribution in [0.3, 0.4) is 0 Å². The van der Waals surface area contributed by atoms with E-state index in [1.54, 1.807) is 24.3 Å². The van der Waals surface area contributed by atoms with Gasteiger partial charge in [-0.3, -0.25) is 19.7 Å². The van der Waals surface area contributed by atoms with Gasteiger partial charge >= 0.3 is 0 Å². The zero-order chi connectivity index (χ0) is 19.1. The SMILES string of the molecule is CCc1nc(C)n2c1CN=C(c1ccccc1F)c1cc([N+](=O)[O-])ccc1-2. The molecular formula is C20H17FN4O2. The molecule has 7 heteroatoms. The van der Waals surface area contributed by atoms with E-state index in [1.165, 1.54) is 18.2 Å². The van der Waals surface area contributed by atoms with Crippen molar-refractivity contribution in [1.82, 2.24) is 9.55 Å². The number of nitrogens with zero attached hydrogens (tertiary/aromatic N) is 4. The first-order valence-electron chi connectivity index (χ1n) is 8.67. The molecule has 0 saturated heterocycles. The molecule has 2 aromatic carbocycles. The second-order valence-corrected chi connectivity index (χ2v) is 6.34. The number of benzene rings is 2. The van der Waals surface area contributed by atoms with E-state index in [4.69, 9.17) is 0 Å². The van der Waals surface area contributed by atoms with Gasteiger partial charge in [0.1, 0.15) is 11.6 Å². The van der Waals surface area contributed by atoms with Gasteiger partial charge in [-0.2, -0.15) is 0 Å². The van der Waals surface area contributed by atoms with Gasteiger partial charge in [-0.15, -0.1) is 0 Å². The summed E-state index contributed by atoms with van der Waals surface area (Å²) >= 11 is 0. The molecular weight excluding hydrogens is 347 g/mol. The summed E-state index contributed by atoms with van der Waals surface area (Å²) in [5.74, 6) is 0.368. The number of nitro benzene ring substituents is 1. The van der Waals surface area contributed by atoms with Crippen LogP contribution in [0.2, 0.25) is 0 Å². The van der Waals surface area contributed by atoms with Crippen LogP contribution in [0.15, 0.2) is 47.5 Å². The zero-order valence-electron chi connectivity index (χ0n) is 14.9. The molecule has 2 heterocycles. The lowest BCUT2D eigenvalue weighted by atomic mass is 9.99. The highest BCUT2D eigenvalue weighted by Gasteiger charge is 2.26. The summed E-state index contributed by atoms with van der Waals surface area (Å²) in [7, 11) is 0. The molecule has 0 radical (unpaired) electrons. The topological polar surface area (TPSA) is 73.3 Å². The molecule has 0 spiro atoms. The number of nitro groups is 1. The normalized spacial score (nSPS) is 12.8. The highest BCUT2D eigenvalue weighted by Crippen LogP contribution is 2.31. The highest BCUT2D eigenvalue weighted by molar-refractivity contribution is 6.15. The molecule has 0 unspecified atom stereocenters. The van der Waals surface area contributed by atoms with Crippen LogP contribution in [0.25, 0.3) is 5.69 Å². The average molecular weight is 364 g/mol. The quantitative estimate of drug-likeness (QED) is 0.518. The minimum atomic E-state index is -0.455. The van der Waals surface area contributed by atoms with Gasteiger partial charge in [0.15, 0.2) is 0 Å². The Balaban J connectivity index is 2.05. The Morgan fingerprint density at radius 3 is 2.70 bits per heavy atom. The van der Waals surface area contributed by atoms with Crippen molar-refractivity contribution in [3.63, 3.8) is 0 Å². The van der Waals surface area contributed by atoms with Crippen molar-refractivity contribution in [2.24, 2.45) is 4.99 Å². The number of aliphatic imine (C=N–C) groups is 1. The van der Waals surface area contributed by atoms with Crippen molar-refractivity contribution in [3.05, 3.63) is 86.7 Å². The Hall–Kier alpha value is -3.35. The van der Waals surface area contributed by atoms with Crippen LogP contribution in [-0.2, 0) is 13.0 Å². The van der Waals surface area contributed by atoms with Gasteiger partial charge in [0.2, 0.25) is 0 Å². The lowest BCUT2D eigenvalue weighted by Gasteiger charge is -2.13. The summed E-state index contributed by atoms with van der Waals surface area (Å²) in [4.78, 5) is 20.1. The van der Waals surface area contributed by atoms with Gasteiger partial charge in [0, 0.05) is 23.3 Å². The Morgan fingerprint density at radius 1 is 1.22 bits per heavy atom. The van der Waals surface area contributed by atoms with Gasteiger partial charge in [0.25, 0.3) is 5.69 Å². The maximum Gasteiger partial charge on any atom is 0.270 e. The van der Waals surface area contributed by atoms with Crippen molar-refractivity contribution >= 4 is 11.4 Å². The molecule has 0 bridgehead atoms. The molecule has 27 heavy (non-hydrogen) atoms. The highest BCUT2D eigenvalue weighted by atomic mass is 19.1. The van der Waals surface area contributed by atoms with Gasteiger partial charge in [0.05, 0.1) is 34.3 Å². The fourth-order valence-electron chi connectivity index (χ4n) is 3.54. The molecule has 1 aliphatic rings. The van der Waals surface area contributed by atoms with E-state index in [0.717, 1.165) is 29.3 Å². The molecule has 0 atom stereocenters. The van der Waals surface area contributed by atoms with E-state index in [1.807, 2.05) is 18.4 Å². The first-order valence-corrected chi connectivity index (χ1v) is 8.67. The summed E-state index contributed by atoms with van der Waals surface area (Å²) < 4.78 is 16.5. The predicted octanol–water partition coefficient (Wildman–Crippen LogP) is 4.14. The predicted molar refractivity (Wildman–Crippen MR) is 100 cm³/mol. The lowest BCUT2D eigenvalue weighted by Crippen LogP contribution is -2.10. The number of hydrogen-bond donors (Lipinski definition) is 0. The van der Waals surface area contributed by atoms with Crippen LogP contribution in [-0.4, -0.2) is 20.2 Å². The second-order valence-electron chi connectivity index (χ2n) is 6.34. The molecule has 0 amide bonds. The van der Waals surface area contributed by atoms with Crippen LogP contribution in [0, 0.1) is 22.9 Å². The van der Waals surface area contributed by atoms with Crippen LogP contribution in [0.5, 0.6) is 0 Å². The molecule has 0 fully saturated rings. The fraction of sp³-hybridized carbons (Fsp3) is 0.200. The Morgan fingerprint density at radius 2 is 2.00 bits per heavy atom. The molecule has 4 rings (SSSR count). The molecule has 136 valence electrons. The van der Waals surface area contributed by atoms with Gasteiger partial charge in [-0.05, 0) is 31.5 Å². The smallest absolute Gasteiger partial charge is 0.270 e. The monoisotopic (exact) mass is 364 g/mol. The number of fused-ring (bicyclic) bond motifs is 3. The Bertz CT molecular complexity index is 1100. The average Bonchev–Trinajstić information content (AvgIpc) is 2.88. The maximum absolute atomic E-state index is 14.5. The summed E-state index contributed by atoms with van der Waals surface area (Å²) in [6.45, 7) is 4.24. The molecule has 1 aromatic heterocycles. The summed E-state index contributed by atoms with van der Waals surface area (Å²) in [5, 5.41) is 11.3. The number of hydrogen-bond acceptors (Lipinski definition) is 4. The van der Waals surface area contributed by atoms with Gasteiger partial charge in [-0.1, -0.05) is 19.1 Å². The molecule has 6 nitrogen and oxygen atoms in total. The number of rotatable bonds is 3. The number of imidazole rings is 1. The van der Waals surface area contributed by atoms with E-state index in [0.29, 0.717) is 23.4 Å². The van der Waals surface area contributed by atoms with Crippen molar-refractivity contribution in [3.8, 4) is 5.69 Å². The molecule has 1 aliphatic heterocycles. The molecule has 0 aliphatic carbocycles. The second kappa shape index (κ2) is 6.42. The molecule has 0 saturated carbocycles. The number of aromatic nitrogens is 2. The fourth-order valence-corrected chi connectivity index (χ4v) is 3.54. The van der Waals surface area contributed by atoms with Crippen LogP contribution < -0.4 is 0 Å². The summed E-state index contributed by atoms with van der Waals surface area (Å²) in [6, 6.07) is 10.9. The van der Waals surface area contributed by atoms with Crippen LogP contribution in [0.4, 0.5) is 10.1 Å². The molecule has 0 N–H and O–H groups in total. The van der Waals surface area contributed by atoms with Crippen molar-refractivity contribution in [2.45, 2.75) is 26.8 Å². The lowest BCUT2D eigenvalue weighted by molar-refractivity contribution is -0.384. The molecule has 3 aromatic rings. The Labute approximate surface area is 155 Å². The van der Waals surface area contributed by atoms with E-state index >= 15 is 0 Å². The standard InChI is InChI=1S/C20H17FN4O2/c1-3-17-19-11-22-20(14-6-4-5-7-16(14)21)15-10-13(25(26)27)8-9-18(15)24(19)12(2)23-17/h4-10H,3,11H2,1-2H3. The third kappa shape index (κ3) is 2.71. The first-order chi connectivity index (χ1) is 13.0. The summed E-state index contributed by atoms with van der Waals surface area (Å²) in [5.41, 5.74) is 3.78. The van der Waals surface area contributed by atoms with E-state index < -0.39 is 10.7 Å². The van der Waals surface area contributed by atoms with Crippen LogP contribution in [0.1, 0.15) is 35.3 Å². The largest absolute Gasteiger partial charge is 0.298 e. The van der Waals surface area contributed by atoms with Crippen molar-refractivity contribution in [2.75, 3.05) is 0 Å². The minimum absolute atomic E-state index is 0.0604. The van der Waals surface area contributed by atoms with E-state index in [2.05, 4.69) is 9.98 Å². The van der Waals surface area contributed by atoms with Gasteiger partial charge < -0.3 is 0 Å². The Kier molecular flexibility index (Phi) is 4.07. The summed E-state index contributed by atoms with van der Waals surface area (Å²) in [6.07, 6.45) is 0.746. The zero-order valence-corrected chi connectivity index (χ0v) is 14.9. The maximum atomic E-state index is 14.5. The van der Waals surface area contributed by atoms with Crippen molar-refractivity contribution < 1.29 is 9.31 Å². The third-order valence-corrected chi connectivity index (χ3v) is 4.76. The van der Waals surface area contributed by atoms with Crippen molar-refractivity contribution in [1.29, 1.82) is 0 Å². The number of halogens is 1. The third-order valence-electron chi connectivity index (χ3n) is 4.76. The number of non-ortho nitro benzene ring substituents is 1. The first kappa shape index (κ1) is 17.1. The van der Waals surface area contributed by atoms with E-state index in [-0.39, 0.29) is 5.69 Å².